The average Bonchev–Trinajstić information content (AvgIpc) is 3.32. The van der Waals surface area contributed by atoms with Gasteiger partial charge >= 0.3 is 0 Å². The van der Waals surface area contributed by atoms with Crippen LogP contribution in [0.4, 0.5) is 0 Å². The minimum atomic E-state index is -0.186. The van der Waals surface area contributed by atoms with Crippen LogP contribution in [0.25, 0.3) is 5.65 Å². The second kappa shape index (κ2) is 8.14. The van der Waals surface area contributed by atoms with Gasteiger partial charge in [-0.15, -0.1) is 0 Å². The first kappa shape index (κ1) is 18.7. The van der Waals surface area contributed by atoms with Gasteiger partial charge in [0.05, 0.1) is 17.1 Å². The normalized spacial score (nSPS) is 17.9. The van der Waals surface area contributed by atoms with Crippen molar-refractivity contribution >= 4 is 11.6 Å². The molecule has 1 aliphatic heterocycles. The van der Waals surface area contributed by atoms with Gasteiger partial charge in [0.1, 0.15) is 5.65 Å². The summed E-state index contributed by atoms with van der Waals surface area (Å²) in [5.41, 5.74) is 4.17. The van der Waals surface area contributed by atoms with Crippen LogP contribution in [0.15, 0.2) is 35.0 Å². The summed E-state index contributed by atoms with van der Waals surface area (Å²) in [6.45, 7) is 7.55. The number of aromatic nitrogens is 3. The van der Waals surface area contributed by atoms with Crippen LogP contribution >= 0.6 is 0 Å². The molecule has 0 aliphatic carbocycles. The lowest BCUT2D eigenvalue weighted by atomic mass is 9.94. The van der Waals surface area contributed by atoms with Gasteiger partial charge in [-0.2, -0.15) is 0 Å². The van der Waals surface area contributed by atoms with Crippen LogP contribution in [0.2, 0.25) is 0 Å². The number of imidazole rings is 1. The standard InChI is InChI=1S/C21H27N5O2/c1-3-9-22-21(27)19-12-17(24-28-19)16-7-6-10-25(13-16)14-18-15(2)23-20-8-4-5-11-26(18)20/h4-5,8,11-12,16H,3,6-7,9-10,13-14H2,1-2H3,(H,22,27)/t16-/m0/s1. The van der Waals surface area contributed by atoms with Gasteiger partial charge in [-0.3, -0.25) is 9.69 Å². The minimum Gasteiger partial charge on any atom is -0.351 e. The van der Waals surface area contributed by atoms with Crippen LogP contribution < -0.4 is 5.32 Å². The third-order valence-corrected chi connectivity index (χ3v) is 5.41. The van der Waals surface area contributed by atoms with Crippen molar-refractivity contribution in [3.63, 3.8) is 0 Å². The van der Waals surface area contributed by atoms with Gasteiger partial charge in [-0.05, 0) is 44.9 Å². The Morgan fingerprint density at radius 2 is 2.29 bits per heavy atom. The fourth-order valence-corrected chi connectivity index (χ4v) is 3.92. The number of carbonyl (C=O) groups excluding carboxylic acids is 1. The number of fused-ring (bicyclic) bond motifs is 1. The zero-order valence-electron chi connectivity index (χ0n) is 16.5. The SMILES string of the molecule is CCCNC(=O)c1cc([C@H]2CCCN(Cc3c(C)nc4ccccn34)C2)no1. The van der Waals surface area contributed by atoms with E-state index in [0.717, 1.165) is 55.9 Å². The van der Waals surface area contributed by atoms with Gasteiger partial charge < -0.3 is 14.2 Å². The molecule has 4 heterocycles. The molecular formula is C21H27N5O2. The molecule has 0 bridgehead atoms. The minimum absolute atomic E-state index is 0.186. The predicted molar refractivity (Wildman–Crippen MR) is 106 cm³/mol. The predicted octanol–water partition coefficient (Wildman–Crippen LogP) is 3.15. The molecule has 3 aromatic rings. The van der Waals surface area contributed by atoms with Crippen LogP contribution in [-0.2, 0) is 6.54 Å². The number of carbonyl (C=O) groups is 1. The van der Waals surface area contributed by atoms with Crippen LogP contribution in [0.3, 0.4) is 0 Å². The van der Waals surface area contributed by atoms with Crippen LogP contribution in [-0.4, -0.2) is 45.0 Å². The van der Waals surface area contributed by atoms with E-state index in [4.69, 9.17) is 4.52 Å². The number of amides is 1. The smallest absolute Gasteiger partial charge is 0.289 e. The van der Waals surface area contributed by atoms with E-state index in [1.807, 2.05) is 25.1 Å². The number of hydrogen-bond acceptors (Lipinski definition) is 5. The summed E-state index contributed by atoms with van der Waals surface area (Å²) in [4.78, 5) is 19.2. The Labute approximate surface area is 164 Å². The molecule has 1 saturated heterocycles. The largest absolute Gasteiger partial charge is 0.351 e. The van der Waals surface area contributed by atoms with Crippen molar-refractivity contribution in [2.24, 2.45) is 0 Å². The van der Waals surface area contributed by atoms with Gasteiger partial charge in [0.25, 0.3) is 5.91 Å². The summed E-state index contributed by atoms with van der Waals surface area (Å²) in [5.74, 6) is 0.400. The molecule has 0 spiro atoms. The van der Waals surface area contributed by atoms with E-state index >= 15 is 0 Å². The Morgan fingerprint density at radius 1 is 1.39 bits per heavy atom. The van der Waals surface area contributed by atoms with Crippen LogP contribution in [0.1, 0.15) is 59.7 Å². The van der Waals surface area contributed by atoms with E-state index in [-0.39, 0.29) is 11.8 Å². The van der Waals surface area contributed by atoms with Crippen molar-refractivity contribution in [2.45, 2.75) is 45.6 Å². The number of hydrogen-bond donors (Lipinski definition) is 1. The van der Waals surface area contributed by atoms with E-state index in [9.17, 15) is 4.79 Å². The third-order valence-electron chi connectivity index (χ3n) is 5.41. The molecule has 1 amide bonds. The van der Waals surface area contributed by atoms with Gasteiger partial charge in [-0.1, -0.05) is 18.1 Å². The quantitative estimate of drug-likeness (QED) is 0.710. The second-order valence-corrected chi connectivity index (χ2v) is 7.52. The van der Waals surface area contributed by atoms with Gasteiger partial charge in [0.15, 0.2) is 0 Å². The maximum Gasteiger partial charge on any atom is 0.289 e. The molecule has 1 aliphatic rings. The molecule has 0 unspecified atom stereocenters. The fraction of sp³-hybridized carbons (Fsp3) is 0.476. The molecule has 7 nitrogen and oxygen atoms in total. The summed E-state index contributed by atoms with van der Waals surface area (Å²) in [5, 5.41) is 7.02. The summed E-state index contributed by atoms with van der Waals surface area (Å²) in [7, 11) is 0. The highest BCUT2D eigenvalue weighted by Crippen LogP contribution is 2.28. The highest BCUT2D eigenvalue weighted by Gasteiger charge is 2.26. The molecule has 1 atom stereocenters. The highest BCUT2D eigenvalue weighted by molar-refractivity contribution is 5.91. The second-order valence-electron chi connectivity index (χ2n) is 7.52. The molecule has 1 fully saturated rings. The monoisotopic (exact) mass is 381 g/mol. The van der Waals surface area contributed by atoms with E-state index in [1.54, 1.807) is 6.07 Å². The molecule has 3 aromatic heterocycles. The molecular weight excluding hydrogens is 354 g/mol. The Hall–Kier alpha value is -2.67. The third kappa shape index (κ3) is 3.80. The summed E-state index contributed by atoms with van der Waals surface area (Å²) in [6, 6.07) is 7.90. The Kier molecular flexibility index (Phi) is 5.43. The van der Waals surface area contributed by atoms with Crippen molar-refractivity contribution in [1.29, 1.82) is 0 Å². The van der Waals surface area contributed by atoms with Crippen LogP contribution in [0, 0.1) is 6.92 Å². The summed E-state index contributed by atoms with van der Waals surface area (Å²) in [6.07, 6.45) is 5.13. The molecule has 0 saturated carbocycles. The number of nitrogens with one attached hydrogen (secondary N) is 1. The van der Waals surface area contributed by atoms with Gasteiger partial charge in [-0.25, -0.2) is 4.98 Å². The maximum atomic E-state index is 12.1. The number of piperidine rings is 1. The Morgan fingerprint density at radius 3 is 3.14 bits per heavy atom. The average molecular weight is 381 g/mol. The Bertz CT molecular complexity index is 961. The Balaban J connectivity index is 1.45. The van der Waals surface area contributed by atoms with Crippen molar-refractivity contribution in [2.75, 3.05) is 19.6 Å². The number of rotatable bonds is 6. The fourth-order valence-electron chi connectivity index (χ4n) is 3.92. The van der Waals surface area contributed by atoms with Gasteiger partial charge in [0.2, 0.25) is 5.76 Å². The molecule has 0 aromatic carbocycles. The summed E-state index contributed by atoms with van der Waals surface area (Å²) < 4.78 is 7.47. The van der Waals surface area contributed by atoms with Crippen molar-refractivity contribution in [3.8, 4) is 0 Å². The van der Waals surface area contributed by atoms with Crippen molar-refractivity contribution in [3.05, 3.63) is 53.3 Å². The van der Waals surface area contributed by atoms with E-state index in [1.165, 1.54) is 5.69 Å². The highest BCUT2D eigenvalue weighted by atomic mass is 16.5. The number of likely N-dealkylation sites (tertiary alicyclic amines) is 1. The zero-order valence-corrected chi connectivity index (χ0v) is 16.5. The lowest BCUT2D eigenvalue weighted by Crippen LogP contribution is -2.34. The maximum absolute atomic E-state index is 12.1. The van der Waals surface area contributed by atoms with Crippen molar-refractivity contribution < 1.29 is 9.32 Å². The van der Waals surface area contributed by atoms with Crippen molar-refractivity contribution in [1.82, 2.24) is 24.8 Å². The van der Waals surface area contributed by atoms with E-state index in [2.05, 4.69) is 37.9 Å². The van der Waals surface area contributed by atoms with Crippen LogP contribution in [0.5, 0.6) is 0 Å². The molecule has 7 heteroatoms. The number of pyridine rings is 1. The molecule has 1 N–H and O–H groups in total. The number of aryl methyl sites for hydroxylation is 1. The lowest BCUT2D eigenvalue weighted by Gasteiger charge is -2.31. The van der Waals surface area contributed by atoms with E-state index < -0.39 is 0 Å². The zero-order chi connectivity index (χ0) is 19.5. The first-order valence-corrected chi connectivity index (χ1v) is 10.1. The topological polar surface area (TPSA) is 75.7 Å². The van der Waals surface area contributed by atoms with Gasteiger partial charge in [0, 0.05) is 37.8 Å². The van der Waals surface area contributed by atoms with E-state index in [0.29, 0.717) is 12.3 Å². The molecule has 4 rings (SSSR count). The summed E-state index contributed by atoms with van der Waals surface area (Å²) >= 11 is 0. The molecule has 0 radical (unpaired) electrons. The first-order valence-electron chi connectivity index (χ1n) is 10.1. The lowest BCUT2D eigenvalue weighted by molar-refractivity contribution is 0.0916. The number of nitrogens with zero attached hydrogens (tertiary/aromatic N) is 4. The molecule has 28 heavy (non-hydrogen) atoms. The molecule has 148 valence electrons. The first-order chi connectivity index (χ1) is 13.7.